The van der Waals surface area contributed by atoms with E-state index in [4.69, 9.17) is 0 Å². The fraction of sp³-hybridized carbons (Fsp3) is 0.278. The fourth-order valence-corrected chi connectivity index (χ4v) is 3.71. The molecule has 0 aliphatic heterocycles. The van der Waals surface area contributed by atoms with Crippen LogP contribution in [0.4, 0.5) is 11.4 Å². The molecule has 8 heteroatoms. The molecule has 0 spiro atoms. The Morgan fingerprint density at radius 1 is 1.15 bits per heavy atom. The molecule has 0 heterocycles. The summed E-state index contributed by atoms with van der Waals surface area (Å²) in [6, 6.07) is 10.5. The van der Waals surface area contributed by atoms with Crippen molar-refractivity contribution in [1.29, 1.82) is 0 Å². The Balaban J connectivity index is 2.56. The molecule has 0 aliphatic rings. The van der Waals surface area contributed by atoms with Gasteiger partial charge in [-0.3, -0.25) is 14.9 Å². The highest BCUT2D eigenvalue weighted by atomic mass is 32.2. The SMILES string of the molecule is CCN(C(=O)c1ccc(C)c([N+](=O)[O-])c1)c1ccccc1S(=O)(=O)CC. The molecule has 1 amide bonds. The quantitative estimate of drug-likeness (QED) is 0.569. The van der Waals surface area contributed by atoms with Crippen LogP contribution in [-0.4, -0.2) is 31.5 Å². The molecule has 0 bridgehead atoms. The van der Waals surface area contributed by atoms with E-state index in [2.05, 4.69) is 0 Å². The van der Waals surface area contributed by atoms with Crippen LogP contribution < -0.4 is 4.90 Å². The van der Waals surface area contributed by atoms with Gasteiger partial charge in [-0.2, -0.15) is 0 Å². The number of benzene rings is 2. The standard InChI is InChI=1S/C18H20N2O5S/c1-4-19(15-8-6-7-9-17(15)26(24,25)5-2)18(21)14-11-10-13(3)16(12-14)20(22)23/h6-12H,4-5H2,1-3H3. The zero-order chi connectivity index (χ0) is 19.5. The van der Waals surface area contributed by atoms with Gasteiger partial charge in [-0.25, -0.2) is 8.42 Å². The van der Waals surface area contributed by atoms with E-state index in [0.29, 0.717) is 5.56 Å². The Labute approximate surface area is 152 Å². The van der Waals surface area contributed by atoms with E-state index < -0.39 is 20.7 Å². The first kappa shape index (κ1) is 19.6. The summed E-state index contributed by atoms with van der Waals surface area (Å²) in [5, 5.41) is 11.1. The van der Waals surface area contributed by atoms with Gasteiger partial charge >= 0.3 is 0 Å². The number of nitro groups is 1. The zero-order valence-corrected chi connectivity index (χ0v) is 15.6. The van der Waals surface area contributed by atoms with E-state index in [-0.39, 0.29) is 34.1 Å². The molecule has 0 atom stereocenters. The number of para-hydroxylation sites is 1. The summed E-state index contributed by atoms with van der Waals surface area (Å²) in [6.07, 6.45) is 0. The normalized spacial score (nSPS) is 11.2. The summed E-state index contributed by atoms with van der Waals surface area (Å²) >= 11 is 0. The van der Waals surface area contributed by atoms with Gasteiger partial charge in [0.05, 0.1) is 21.3 Å². The lowest BCUT2D eigenvalue weighted by molar-refractivity contribution is -0.385. The molecular weight excluding hydrogens is 356 g/mol. The van der Waals surface area contributed by atoms with Gasteiger partial charge in [0.25, 0.3) is 11.6 Å². The highest BCUT2D eigenvalue weighted by Crippen LogP contribution is 2.28. The first-order valence-electron chi connectivity index (χ1n) is 8.11. The second-order valence-corrected chi connectivity index (χ2v) is 7.93. The molecule has 2 aromatic rings. The second-order valence-electron chi connectivity index (χ2n) is 5.68. The van der Waals surface area contributed by atoms with Gasteiger partial charge in [-0.15, -0.1) is 0 Å². The third-order valence-electron chi connectivity index (χ3n) is 4.09. The molecule has 26 heavy (non-hydrogen) atoms. The fourth-order valence-electron chi connectivity index (χ4n) is 2.62. The molecule has 0 radical (unpaired) electrons. The van der Waals surface area contributed by atoms with Crippen molar-refractivity contribution >= 4 is 27.1 Å². The number of sulfone groups is 1. The smallest absolute Gasteiger partial charge is 0.273 e. The van der Waals surface area contributed by atoms with Crippen LogP contribution in [0.25, 0.3) is 0 Å². The molecule has 0 N–H and O–H groups in total. The third-order valence-corrected chi connectivity index (χ3v) is 5.86. The summed E-state index contributed by atoms with van der Waals surface area (Å²) in [5.41, 5.74) is 0.697. The Morgan fingerprint density at radius 3 is 2.38 bits per heavy atom. The van der Waals surface area contributed by atoms with Gasteiger partial charge in [-0.05, 0) is 32.0 Å². The lowest BCUT2D eigenvalue weighted by Gasteiger charge is -2.23. The number of hydrogen-bond donors (Lipinski definition) is 0. The number of aryl methyl sites for hydroxylation is 1. The average Bonchev–Trinajstić information content (AvgIpc) is 2.62. The number of nitrogens with zero attached hydrogens (tertiary/aromatic N) is 2. The lowest BCUT2D eigenvalue weighted by atomic mass is 10.1. The van der Waals surface area contributed by atoms with Crippen LogP contribution in [0.5, 0.6) is 0 Å². The molecule has 0 aromatic heterocycles. The van der Waals surface area contributed by atoms with Gasteiger partial charge in [0.1, 0.15) is 0 Å². The highest BCUT2D eigenvalue weighted by Gasteiger charge is 2.25. The third kappa shape index (κ3) is 3.75. The molecule has 2 rings (SSSR count). The van der Waals surface area contributed by atoms with Crippen LogP contribution in [0.15, 0.2) is 47.4 Å². The van der Waals surface area contributed by atoms with Crippen molar-refractivity contribution in [1.82, 2.24) is 0 Å². The number of carbonyl (C=O) groups is 1. The summed E-state index contributed by atoms with van der Waals surface area (Å²) in [4.78, 5) is 24.9. The van der Waals surface area contributed by atoms with Crippen molar-refractivity contribution in [3.63, 3.8) is 0 Å². The number of rotatable bonds is 6. The van der Waals surface area contributed by atoms with Crippen LogP contribution >= 0.6 is 0 Å². The minimum absolute atomic E-state index is 0.0688. The first-order valence-corrected chi connectivity index (χ1v) is 9.76. The Bertz CT molecular complexity index is 954. The monoisotopic (exact) mass is 376 g/mol. The Morgan fingerprint density at radius 2 is 1.81 bits per heavy atom. The summed E-state index contributed by atoms with van der Waals surface area (Å²) in [5.74, 6) is -0.583. The van der Waals surface area contributed by atoms with Crippen LogP contribution in [0, 0.1) is 17.0 Å². The van der Waals surface area contributed by atoms with Crippen molar-refractivity contribution in [3.05, 3.63) is 63.7 Å². The second kappa shape index (κ2) is 7.65. The minimum Gasteiger partial charge on any atom is -0.307 e. The van der Waals surface area contributed by atoms with Gasteiger partial charge in [-0.1, -0.05) is 25.1 Å². The maximum absolute atomic E-state index is 12.9. The summed E-state index contributed by atoms with van der Waals surface area (Å²) < 4.78 is 24.7. The molecule has 0 aliphatic carbocycles. The van der Waals surface area contributed by atoms with Crippen LogP contribution in [0.3, 0.4) is 0 Å². The lowest BCUT2D eigenvalue weighted by Crippen LogP contribution is -2.32. The predicted octanol–water partition coefficient (Wildman–Crippen LogP) is 3.36. The van der Waals surface area contributed by atoms with Crippen LogP contribution in [0.2, 0.25) is 0 Å². The number of amides is 1. The maximum Gasteiger partial charge on any atom is 0.273 e. The van der Waals surface area contributed by atoms with Gasteiger partial charge < -0.3 is 4.90 Å². The van der Waals surface area contributed by atoms with Crippen molar-refractivity contribution < 1.29 is 18.1 Å². The van der Waals surface area contributed by atoms with E-state index in [0.717, 1.165) is 0 Å². The molecule has 138 valence electrons. The molecule has 0 saturated heterocycles. The first-order chi connectivity index (χ1) is 12.2. The molecule has 2 aromatic carbocycles. The maximum atomic E-state index is 12.9. The Hall–Kier alpha value is -2.74. The molecule has 0 fully saturated rings. The number of anilines is 1. The van der Waals surface area contributed by atoms with Crippen molar-refractivity contribution in [2.24, 2.45) is 0 Å². The molecule has 0 saturated carbocycles. The largest absolute Gasteiger partial charge is 0.307 e. The Kier molecular flexibility index (Phi) is 5.76. The predicted molar refractivity (Wildman–Crippen MR) is 99.4 cm³/mol. The van der Waals surface area contributed by atoms with Crippen molar-refractivity contribution in [3.8, 4) is 0 Å². The van der Waals surface area contributed by atoms with Crippen molar-refractivity contribution in [2.75, 3.05) is 17.2 Å². The average molecular weight is 376 g/mol. The molecule has 7 nitrogen and oxygen atoms in total. The summed E-state index contributed by atoms with van der Waals surface area (Å²) in [7, 11) is -3.53. The van der Waals surface area contributed by atoms with Crippen molar-refractivity contribution in [2.45, 2.75) is 25.7 Å². The molecular formula is C18H20N2O5S. The number of nitro benzene ring substituents is 1. The molecule has 0 unspecified atom stereocenters. The van der Waals surface area contributed by atoms with E-state index in [1.165, 1.54) is 36.1 Å². The van der Waals surface area contributed by atoms with E-state index in [1.807, 2.05) is 0 Å². The van der Waals surface area contributed by atoms with Gasteiger partial charge in [0.15, 0.2) is 9.84 Å². The van der Waals surface area contributed by atoms with E-state index in [9.17, 15) is 23.3 Å². The van der Waals surface area contributed by atoms with Gasteiger partial charge in [0, 0.05) is 23.7 Å². The summed E-state index contributed by atoms with van der Waals surface area (Å²) in [6.45, 7) is 5.06. The number of carbonyl (C=O) groups excluding carboxylic acids is 1. The topological polar surface area (TPSA) is 97.6 Å². The highest BCUT2D eigenvalue weighted by molar-refractivity contribution is 7.91. The van der Waals surface area contributed by atoms with E-state index in [1.54, 1.807) is 32.0 Å². The zero-order valence-electron chi connectivity index (χ0n) is 14.8. The van der Waals surface area contributed by atoms with Gasteiger partial charge in [0.2, 0.25) is 0 Å². The minimum atomic E-state index is -3.53. The van der Waals surface area contributed by atoms with E-state index >= 15 is 0 Å². The van der Waals surface area contributed by atoms with Crippen LogP contribution in [0.1, 0.15) is 29.8 Å². The number of hydrogen-bond acceptors (Lipinski definition) is 5. The van der Waals surface area contributed by atoms with Crippen LogP contribution in [-0.2, 0) is 9.84 Å².